The minimum Gasteiger partial charge on any atom is -0.493 e. The fourth-order valence-electron chi connectivity index (χ4n) is 6.23. The summed E-state index contributed by atoms with van der Waals surface area (Å²) < 4.78 is 51.9. The number of carbonyl (C=O) groups excluding carboxylic acids is 1. The molecule has 5 atom stereocenters. The molecule has 286 valence electrons. The zero-order chi connectivity index (χ0) is 38.2. The van der Waals surface area contributed by atoms with Crippen LogP contribution in [0.25, 0.3) is 6.08 Å². The minimum atomic E-state index is -1.04. The summed E-state index contributed by atoms with van der Waals surface area (Å²) in [5.41, 5.74) is 4.68. The highest BCUT2D eigenvalue weighted by atomic mass is 127. The molecule has 1 fully saturated rings. The highest BCUT2D eigenvalue weighted by molar-refractivity contribution is 14.1. The average molecular weight is 857 g/mol. The zero-order valence-corrected chi connectivity index (χ0v) is 33.0. The summed E-state index contributed by atoms with van der Waals surface area (Å²) in [5.74, 6) is 1.06. The van der Waals surface area contributed by atoms with E-state index < -0.39 is 30.7 Å². The number of rotatable bonds is 19. The van der Waals surface area contributed by atoms with Gasteiger partial charge in [-0.2, -0.15) is 0 Å². The highest BCUT2D eigenvalue weighted by Crippen LogP contribution is 2.42. The second-order valence-electron chi connectivity index (χ2n) is 12.8. The van der Waals surface area contributed by atoms with E-state index in [1.807, 2.05) is 121 Å². The quantitative estimate of drug-likeness (QED) is 0.0460. The number of carbonyl (C=O) groups is 1. The molecule has 10 heteroatoms. The van der Waals surface area contributed by atoms with Crippen molar-refractivity contribution in [1.82, 2.24) is 0 Å². The molecule has 0 saturated carbocycles. The molecule has 5 aromatic rings. The summed E-state index contributed by atoms with van der Waals surface area (Å²) in [6.45, 7) is 1.39. The van der Waals surface area contributed by atoms with Crippen LogP contribution in [0.2, 0.25) is 0 Å². The molecule has 0 aliphatic carbocycles. The van der Waals surface area contributed by atoms with E-state index in [1.165, 1.54) is 6.08 Å². The molecular weight excluding hydrogens is 811 g/mol. The Kier molecular flexibility index (Phi) is 15.3. The second kappa shape index (κ2) is 20.9. The molecule has 1 aliphatic rings. The number of halogens is 1. The standard InChI is InChI=1S/C45H45IO9/c1-48-37-25-36(23-24-40(46)47)26-38(49-2)41(37)55-45-44(53-30-35-21-13-6-14-22-35)43(52-29-34-19-11-5-12-20-34)42(51-28-33-17-9-4-10-18-33)39(54-45)31-50-27-32-15-7-3-8-16-32/h3-26,39,42-45H,27-31H2,1-2H3/t39-,42-,43+,44+,45-/m1/s1. The fourth-order valence-corrected chi connectivity index (χ4v) is 6.41. The molecule has 0 bridgehead atoms. The second-order valence-corrected chi connectivity index (χ2v) is 13.9. The Balaban J connectivity index is 1.39. The summed E-state index contributed by atoms with van der Waals surface area (Å²) in [6.07, 6.45) is -0.657. The third-order valence-corrected chi connectivity index (χ3v) is 9.32. The average Bonchev–Trinajstić information content (AvgIpc) is 3.23. The molecule has 0 N–H and O–H groups in total. The van der Waals surface area contributed by atoms with Crippen LogP contribution in [-0.4, -0.2) is 55.3 Å². The summed E-state index contributed by atoms with van der Waals surface area (Å²) >= 11 is 1.72. The van der Waals surface area contributed by atoms with Crippen LogP contribution in [0.4, 0.5) is 0 Å². The molecule has 0 amide bonds. The van der Waals surface area contributed by atoms with Gasteiger partial charge in [0.1, 0.15) is 24.4 Å². The summed E-state index contributed by atoms with van der Waals surface area (Å²) in [4.78, 5) is 11.7. The zero-order valence-electron chi connectivity index (χ0n) is 30.8. The Morgan fingerprint density at radius 2 is 1.05 bits per heavy atom. The summed E-state index contributed by atoms with van der Waals surface area (Å²) in [5, 5.41) is 0. The maximum Gasteiger partial charge on any atom is 0.229 e. The molecule has 0 aromatic heterocycles. The number of benzene rings is 5. The number of hydrogen-bond donors (Lipinski definition) is 0. The van der Waals surface area contributed by atoms with E-state index in [4.69, 9.17) is 37.9 Å². The van der Waals surface area contributed by atoms with Gasteiger partial charge in [-0.3, -0.25) is 4.79 Å². The first-order valence-electron chi connectivity index (χ1n) is 18.0. The molecule has 6 rings (SSSR count). The number of ether oxygens (including phenoxy) is 8. The van der Waals surface area contributed by atoms with Crippen LogP contribution < -0.4 is 14.2 Å². The Hall–Kier alpha value is -4.56. The minimum absolute atomic E-state index is 0.115. The lowest BCUT2D eigenvalue weighted by molar-refractivity contribution is -0.310. The van der Waals surface area contributed by atoms with Crippen molar-refractivity contribution < 1.29 is 42.7 Å². The molecule has 0 spiro atoms. The maximum atomic E-state index is 11.7. The molecular formula is C45H45IO9. The first-order chi connectivity index (χ1) is 27.0. The van der Waals surface area contributed by atoms with Crippen molar-refractivity contribution in [2.45, 2.75) is 57.1 Å². The summed E-state index contributed by atoms with van der Waals surface area (Å²) in [7, 11) is 3.09. The van der Waals surface area contributed by atoms with Gasteiger partial charge in [0.15, 0.2) is 11.5 Å². The van der Waals surface area contributed by atoms with E-state index >= 15 is 0 Å². The molecule has 0 radical (unpaired) electrons. The third-order valence-electron chi connectivity index (χ3n) is 8.96. The van der Waals surface area contributed by atoms with Gasteiger partial charge in [0.25, 0.3) is 0 Å². The Morgan fingerprint density at radius 3 is 1.51 bits per heavy atom. The van der Waals surface area contributed by atoms with Gasteiger partial charge < -0.3 is 37.9 Å². The molecule has 0 unspecified atom stereocenters. The van der Waals surface area contributed by atoms with Gasteiger partial charge in [-0.25, -0.2) is 0 Å². The lowest BCUT2D eigenvalue weighted by Gasteiger charge is -2.45. The van der Waals surface area contributed by atoms with E-state index in [0.29, 0.717) is 36.0 Å². The van der Waals surface area contributed by atoms with Crippen LogP contribution in [0.1, 0.15) is 27.8 Å². The first-order valence-corrected chi connectivity index (χ1v) is 19.1. The van der Waals surface area contributed by atoms with E-state index in [0.717, 1.165) is 22.3 Å². The van der Waals surface area contributed by atoms with Gasteiger partial charge in [-0.15, -0.1) is 0 Å². The Labute approximate surface area is 336 Å². The predicted molar refractivity (Wildman–Crippen MR) is 218 cm³/mol. The fraction of sp³-hybridized carbons (Fsp3) is 0.267. The van der Waals surface area contributed by atoms with Gasteiger partial charge in [-0.1, -0.05) is 127 Å². The van der Waals surface area contributed by atoms with Crippen molar-refractivity contribution in [2.75, 3.05) is 20.8 Å². The van der Waals surface area contributed by atoms with Crippen molar-refractivity contribution in [3.05, 3.63) is 167 Å². The topological polar surface area (TPSA) is 90.9 Å². The van der Waals surface area contributed by atoms with E-state index in [2.05, 4.69) is 0 Å². The van der Waals surface area contributed by atoms with Crippen LogP contribution in [-0.2, 0) is 54.9 Å². The van der Waals surface area contributed by atoms with Gasteiger partial charge >= 0.3 is 0 Å². The van der Waals surface area contributed by atoms with Gasteiger partial charge in [0.2, 0.25) is 15.8 Å². The molecule has 5 aromatic carbocycles. The van der Waals surface area contributed by atoms with Gasteiger partial charge in [0, 0.05) is 22.6 Å². The van der Waals surface area contributed by atoms with Crippen LogP contribution in [0.5, 0.6) is 17.2 Å². The maximum absolute atomic E-state index is 11.7. The molecule has 9 nitrogen and oxygen atoms in total. The van der Waals surface area contributed by atoms with Crippen molar-refractivity contribution in [3.8, 4) is 17.2 Å². The first kappa shape index (κ1) is 40.1. The molecule has 1 saturated heterocycles. The largest absolute Gasteiger partial charge is 0.493 e. The normalized spacial score (nSPS) is 19.6. The summed E-state index contributed by atoms with van der Waals surface area (Å²) in [6, 6.07) is 43.4. The van der Waals surface area contributed by atoms with E-state index in [-0.39, 0.29) is 23.6 Å². The van der Waals surface area contributed by atoms with Crippen molar-refractivity contribution in [3.63, 3.8) is 0 Å². The molecule has 55 heavy (non-hydrogen) atoms. The predicted octanol–water partition coefficient (Wildman–Crippen LogP) is 8.76. The van der Waals surface area contributed by atoms with Crippen LogP contribution in [0.15, 0.2) is 140 Å². The highest BCUT2D eigenvalue weighted by Gasteiger charge is 2.50. The molecule has 1 heterocycles. The number of hydrogen-bond acceptors (Lipinski definition) is 9. The monoisotopic (exact) mass is 856 g/mol. The van der Waals surface area contributed by atoms with Crippen LogP contribution >= 0.6 is 22.6 Å². The molecule has 1 aliphatic heterocycles. The van der Waals surface area contributed by atoms with Gasteiger partial charge in [-0.05, 0) is 46.0 Å². The SMILES string of the molecule is COc1cc(C=CC(=O)I)cc(OC)c1O[C@H]1O[C@H](COCc2ccccc2)[C@@H](OCc2ccccc2)[C@H](OCc2ccccc2)[C@@H]1OCc1ccccc1. The Morgan fingerprint density at radius 1 is 0.618 bits per heavy atom. The lowest BCUT2D eigenvalue weighted by Crippen LogP contribution is -2.62. The van der Waals surface area contributed by atoms with Crippen LogP contribution in [0, 0.1) is 0 Å². The third kappa shape index (κ3) is 11.7. The lowest BCUT2D eigenvalue weighted by atomic mass is 9.97. The van der Waals surface area contributed by atoms with Crippen molar-refractivity contribution in [2.24, 2.45) is 0 Å². The number of allylic oxidation sites excluding steroid dienone is 1. The van der Waals surface area contributed by atoms with E-state index in [9.17, 15) is 4.79 Å². The van der Waals surface area contributed by atoms with Gasteiger partial charge in [0.05, 0.1) is 47.3 Å². The van der Waals surface area contributed by atoms with E-state index in [1.54, 1.807) is 55.0 Å². The number of methoxy groups -OCH3 is 2. The van der Waals surface area contributed by atoms with Crippen LogP contribution in [0.3, 0.4) is 0 Å². The Bertz CT molecular complexity index is 1900. The van der Waals surface area contributed by atoms with Crippen molar-refractivity contribution in [1.29, 1.82) is 0 Å². The smallest absolute Gasteiger partial charge is 0.229 e. The van der Waals surface area contributed by atoms with Crippen molar-refractivity contribution >= 4 is 32.5 Å².